The van der Waals surface area contributed by atoms with Crippen molar-refractivity contribution in [1.29, 1.82) is 0 Å². The first-order valence-electron chi connectivity index (χ1n) is 7.82. The molecule has 2 heterocycles. The van der Waals surface area contributed by atoms with Crippen molar-refractivity contribution in [2.24, 2.45) is 0 Å². The van der Waals surface area contributed by atoms with Gasteiger partial charge in [-0.1, -0.05) is 30.3 Å². The van der Waals surface area contributed by atoms with Crippen LogP contribution in [0.1, 0.15) is 36.2 Å². The number of aromatic amines is 1. The number of H-pyrrole nitrogens is 1. The van der Waals surface area contributed by atoms with E-state index in [1.54, 1.807) is 6.92 Å². The number of carbonyl (C=O) groups excluding carboxylic acids is 1. The molecule has 0 bridgehead atoms. The molecule has 3 aromatic rings. The van der Waals surface area contributed by atoms with Crippen molar-refractivity contribution in [2.45, 2.75) is 32.7 Å². The molecular weight excluding hydrogens is 306 g/mol. The predicted molar refractivity (Wildman–Crippen MR) is 89.7 cm³/mol. The van der Waals surface area contributed by atoms with Crippen molar-refractivity contribution in [1.82, 2.24) is 24.9 Å². The lowest BCUT2D eigenvalue weighted by molar-refractivity contribution is -0.121. The van der Waals surface area contributed by atoms with Gasteiger partial charge in [0.15, 0.2) is 0 Å². The van der Waals surface area contributed by atoms with Gasteiger partial charge in [-0.3, -0.25) is 14.7 Å². The van der Waals surface area contributed by atoms with E-state index in [1.165, 1.54) is 10.8 Å². The average molecular weight is 325 g/mol. The molecule has 1 aromatic carbocycles. The average Bonchev–Trinajstić information content (AvgIpc) is 3.04. The van der Waals surface area contributed by atoms with E-state index < -0.39 is 0 Å². The summed E-state index contributed by atoms with van der Waals surface area (Å²) in [7, 11) is 0. The Morgan fingerprint density at radius 1 is 1.33 bits per heavy atom. The van der Waals surface area contributed by atoms with E-state index >= 15 is 0 Å². The van der Waals surface area contributed by atoms with Crippen LogP contribution in [0.25, 0.3) is 5.78 Å². The van der Waals surface area contributed by atoms with Crippen LogP contribution in [0.2, 0.25) is 0 Å². The minimum atomic E-state index is -0.209. The Labute approximate surface area is 138 Å². The maximum absolute atomic E-state index is 12.4. The van der Waals surface area contributed by atoms with E-state index in [1.807, 2.05) is 37.3 Å². The van der Waals surface area contributed by atoms with Crippen LogP contribution in [0.4, 0.5) is 0 Å². The van der Waals surface area contributed by atoms with Gasteiger partial charge in [0.1, 0.15) is 6.33 Å². The van der Waals surface area contributed by atoms with Crippen molar-refractivity contribution >= 4 is 11.7 Å². The second-order valence-corrected chi connectivity index (χ2v) is 5.70. The van der Waals surface area contributed by atoms with Crippen LogP contribution in [0.3, 0.4) is 0 Å². The van der Waals surface area contributed by atoms with E-state index in [-0.39, 0.29) is 23.9 Å². The summed E-state index contributed by atoms with van der Waals surface area (Å²) in [6.07, 6.45) is 1.99. The molecule has 1 amide bonds. The molecule has 0 spiro atoms. The summed E-state index contributed by atoms with van der Waals surface area (Å²) in [5, 5.41) is 5.68. The van der Waals surface area contributed by atoms with E-state index in [0.29, 0.717) is 23.5 Å². The summed E-state index contributed by atoms with van der Waals surface area (Å²) >= 11 is 0. The van der Waals surface area contributed by atoms with Gasteiger partial charge in [0, 0.05) is 12.0 Å². The molecule has 0 fully saturated rings. The highest BCUT2D eigenvalue weighted by molar-refractivity contribution is 5.76. The predicted octanol–water partition coefficient (Wildman–Crippen LogP) is 1.54. The Morgan fingerprint density at radius 3 is 2.83 bits per heavy atom. The molecule has 2 aromatic heterocycles. The number of aryl methyl sites for hydroxylation is 1. The molecule has 0 aliphatic carbocycles. The first-order chi connectivity index (χ1) is 11.6. The third-order valence-corrected chi connectivity index (χ3v) is 4.01. The molecule has 0 saturated carbocycles. The van der Waals surface area contributed by atoms with Crippen LogP contribution >= 0.6 is 0 Å². The van der Waals surface area contributed by atoms with Gasteiger partial charge in [-0.25, -0.2) is 9.97 Å². The minimum absolute atomic E-state index is 0.0749. The number of fused-ring (bicyclic) bond motifs is 1. The number of hydrogen-bond acceptors (Lipinski definition) is 4. The molecule has 1 atom stereocenters. The molecule has 0 aliphatic rings. The molecular formula is C17H19N5O2. The summed E-state index contributed by atoms with van der Waals surface area (Å²) in [6, 6.07) is 9.68. The monoisotopic (exact) mass is 325 g/mol. The fraction of sp³-hybridized carbons (Fsp3) is 0.294. The van der Waals surface area contributed by atoms with Gasteiger partial charge >= 0.3 is 0 Å². The van der Waals surface area contributed by atoms with Gasteiger partial charge in [-0.05, 0) is 25.8 Å². The molecule has 0 aliphatic heterocycles. The molecule has 7 nitrogen and oxygen atoms in total. The Bertz CT molecular complexity index is 914. The Kier molecular flexibility index (Phi) is 4.41. The molecule has 24 heavy (non-hydrogen) atoms. The van der Waals surface area contributed by atoms with Crippen LogP contribution in [0, 0.1) is 6.92 Å². The van der Waals surface area contributed by atoms with Crippen LogP contribution < -0.4 is 10.9 Å². The van der Waals surface area contributed by atoms with Crippen LogP contribution in [0.15, 0.2) is 41.5 Å². The number of amides is 1. The van der Waals surface area contributed by atoms with E-state index in [9.17, 15) is 9.59 Å². The number of carbonyl (C=O) groups is 1. The van der Waals surface area contributed by atoms with Crippen molar-refractivity contribution < 1.29 is 4.79 Å². The fourth-order valence-corrected chi connectivity index (χ4v) is 2.66. The van der Waals surface area contributed by atoms with E-state index in [0.717, 1.165) is 5.56 Å². The maximum atomic E-state index is 12.4. The Morgan fingerprint density at radius 2 is 2.08 bits per heavy atom. The zero-order valence-corrected chi connectivity index (χ0v) is 13.6. The zero-order valence-electron chi connectivity index (χ0n) is 13.6. The summed E-state index contributed by atoms with van der Waals surface area (Å²) in [6.45, 7) is 3.70. The molecule has 124 valence electrons. The zero-order chi connectivity index (χ0) is 17.1. The number of nitrogens with one attached hydrogen (secondary N) is 2. The van der Waals surface area contributed by atoms with Gasteiger partial charge in [0.2, 0.25) is 5.91 Å². The SMILES string of the molecule is Cc1nc2nc[nH]n2c(=O)c1CCC(=O)N[C@@H](C)c1ccccc1. The highest BCUT2D eigenvalue weighted by Gasteiger charge is 2.14. The quantitative estimate of drug-likeness (QED) is 0.744. The minimum Gasteiger partial charge on any atom is -0.350 e. The number of hydrogen-bond donors (Lipinski definition) is 2. The van der Waals surface area contributed by atoms with Crippen LogP contribution in [-0.2, 0) is 11.2 Å². The Hall–Kier alpha value is -2.96. The van der Waals surface area contributed by atoms with Crippen LogP contribution in [-0.4, -0.2) is 25.5 Å². The lowest BCUT2D eigenvalue weighted by Gasteiger charge is -2.14. The van der Waals surface area contributed by atoms with Crippen molar-refractivity contribution in [2.75, 3.05) is 0 Å². The number of benzene rings is 1. The number of aromatic nitrogens is 4. The standard InChI is InChI=1S/C17H19N5O2/c1-11(13-6-4-3-5-7-13)20-15(23)9-8-14-12(2)21-17-18-10-19-22(17)16(14)24/h3-7,10-11H,8-9H2,1-2H3,(H,20,23)(H,18,19,21)/t11-/m0/s1. The topological polar surface area (TPSA) is 92.2 Å². The first kappa shape index (κ1) is 15.9. The van der Waals surface area contributed by atoms with E-state index in [4.69, 9.17) is 0 Å². The molecule has 2 N–H and O–H groups in total. The summed E-state index contributed by atoms with van der Waals surface area (Å²) in [4.78, 5) is 32.8. The molecule has 0 saturated heterocycles. The van der Waals surface area contributed by atoms with Gasteiger partial charge < -0.3 is 5.32 Å². The second kappa shape index (κ2) is 6.66. The largest absolute Gasteiger partial charge is 0.350 e. The third kappa shape index (κ3) is 3.19. The van der Waals surface area contributed by atoms with Gasteiger partial charge in [-0.2, -0.15) is 4.52 Å². The van der Waals surface area contributed by atoms with Crippen molar-refractivity contribution in [3.05, 3.63) is 63.8 Å². The lowest BCUT2D eigenvalue weighted by atomic mass is 10.1. The summed E-state index contributed by atoms with van der Waals surface area (Å²) in [5.41, 5.74) is 1.97. The van der Waals surface area contributed by atoms with Crippen molar-refractivity contribution in [3.8, 4) is 0 Å². The smallest absolute Gasteiger partial charge is 0.277 e. The molecule has 0 radical (unpaired) electrons. The lowest BCUT2D eigenvalue weighted by Crippen LogP contribution is -2.28. The third-order valence-electron chi connectivity index (χ3n) is 4.01. The van der Waals surface area contributed by atoms with Crippen molar-refractivity contribution in [3.63, 3.8) is 0 Å². The highest BCUT2D eigenvalue weighted by atomic mass is 16.1. The fourth-order valence-electron chi connectivity index (χ4n) is 2.66. The second-order valence-electron chi connectivity index (χ2n) is 5.70. The van der Waals surface area contributed by atoms with Gasteiger partial charge in [0.25, 0.3) is 11.3 Å². The number of nitrogens with zero attached hydrogens (tertiary/aromatic N) is 3. The number of rotatable bonds is 5. The Balaban J connectivity index is 1.67. The summed E-state index contributed by atoms with van der Waals surface area (Å²) < 4.78 is 1.28. The normalized spacial score (nSPS) is 12.2. The van der Waals surface area contributed by atoms with E-state index in [2.05, 4.69) is 20.4 Å². The maximum Gasteiger partial charge on any atom is 0.277 e. The molecule has 7 heteroatoms. The molecule has 0 unspecified atom stereocenters. The van der Waals surface area contributed by atoms with Gasteiger partial charge in [-0.15, -0.1) is 0 Å². The van der Waals surface area contributed by atoms with Gasteiger partial charge in [0.05, 0.1) is 11.7 Å². The van der Waals surface area contributed by atoms with Crippen LogP contribution in [0.5, 0.6) is 0 Å². The summed E-state index contributed by atoms with van der Waals surface area (Å²) in [5.74, 6) is 0.239. The first-order valence-corrected chi connectivity index (χ1v) is 7.82. The highest BCUT2D eigenvalue weighted by Crippen LogP contribution is 2.12. The molecule has 3 rings (SSSR count).